The van der Waals surface area contributed by atoms with Crippen LogP contribution in [0, 0.1) is 0 Å². The molecule has 3 rings (SSSR count). The van der Waals surface area contributed by atoms with E-state index in [1.807, 2.05) is 24.3 Å². The number of nitrogen functional groups attached to an aromatic ring is 1. The highest BCUT2D eigenvalue weighted by atomic mass is 35.5. The molecule has 0 atom stereocenters. The van der Waals surface area contributed by atoms with Gasteiger partial charge in [-0.3, -0.25) is 0 Å². The standard InChI is InChI=1S/C14H11ClN4S/c15-10-5-6-13(16)19-12(10)7-20-14-9-3-1-2-4-11(9)17-8-18-14/h1-6,8H,7H2,(H2,16,19). The molecule has 0 aliphatic heterocycles. The molecule has 4 nitrogen and oxygen atoms in total. The smallest absolute Gasteiger partial charge is 0.123 e. The predicted molar refractivity (Wildman–Crippen MR) is 82.8 cm³/mol. The molecule has 0 unspecified atom stereocenters. The average molecular weight is 303 g/mol. The Hall–Kier alpha value is -1.85. The lowest BCUT2D eigenvalue weighted by Gasteiger charge is -2.06. The minimum Gasteiger partial charge on any atom is -0.384 e. The minimum absolute atomic E-state index is 0.470. The lowest BCUT2D eigenvalue weighted by Crippen LogP contribution is -1.95. The van der Waals surface area contributed by atoms with Crippen LogP contribution < -0.4 is 5.73 Å². The molecule has 0 radical (unpaired) electrons. The Morgan fingerprint density at radius 1 is 1.10 bits per heavy atom. The van der Waals surface area contributed by atoms with E-state index in [0.717, 1.165) is 21.6 Å². The van der Waals surface area contributed by atoms with Gasteiger partial charge in [0.15, 0.2) is 0 Å². The molecule has 2 N–H and O–H groups in total. The van der Waals surface area contributed by atoms with Gasteiger partial charge in [0.2, 0.25) is 0 Å². The van der Waals surface area contributed by atoms with Crippen molar-refractivity contribution in [1.29, 1.82) is 0 Å². The van der Waals surface area contributed by atoms with E-state index in [-0.39, 0.29) is 0 Å². The van der Waals surface area contributed by atoms with Crippen molar-refractivity contribution < 1.29 is 0 Å². The Bertz CT molecular complexity index is 758. The number of hydrogen-bond acceptors (Lipinski definition) is 5. The highest BCUT2D eigenvalue weighted by Gasteiger charge is 2.07. The van der Waals surface area contributed by atoms with Gasteiger partial charge in [-0.1, -0.05) is 41.6 Å². The molecule has 3 aromatic rings. The van der Waals surface area contributed by atoms with Crippen molar-refractivity contribution in [2.75, 3.05) is 5.73 Å². The SMILES string of the molecule is Nc1ccc(Cl)c(CSc2ncnc3ccccc23)n1. The number of anilines is 1. The van der Waals surface area contributed by atoms with Gasteiger partial charge in [0, 0.05) is 11.1 Å². The molecular formula is C14H11ClN4S. The number of halogens is 1. The summed E-state index contributed by atoms with van der Waals surface area (Å²) < 4.78 is 0. The van der Waals surface area contributed by atoms with Gasteiger partial charge in [-0.15, -0.1) is 0 Å². The first-order valence-corrected chi connectivity index (χ1v) is 7.34. The van der Waals surface area contributed by atoms with E-state index < -0.39 is 0 Å². The van der Waals surface area contributed by atoms with E-state index >= 15 is 0 Å². The zero-order chi connectivity index (χ0) is 13.9. The third kappa shape index (κ3) is 2.69. The summed E-state index contributed by atoms with van der Waals surface area (Å²) in [6, 6.07) is 11.4. The molecule has 100 valence electrons. The van der Waals surface area contributed by atoms with Crippen LogP contribution in [0.3, 0.4) is 0 Å². The normalized spacial score (nSPS) is 10.8. The summed E-state index contributed by atoms with van der Waals surface area (Å²) in [5.74, 6) is 1.09. The van der Waals surface area contributed by atoms with Crippen molar-refractivity contribution in [3.05, 3.63) is 53.4 Å². The second-order valence-corrected chi connectivity index (χ2v) is 5.52. The van der Waals surface area contributed by atoms with Crippen LogP contribution >= 0.6 is 23.4 Å². The topological polar surface area (TPSA) is 64.7 Å². The second-order valence-electron chi connectivity index (χ2n) is 4.15. The van der Waals surface area contributed by atoms with Crippen molar-refractivity contribution in [2.45, 2.75) is 10.8 Å². The molecule has 0 amide bonds. The lowest BCUT2D eigenvalue weighted by molar-refractivity contribution is 1.09. The molecule has 0 aliphatic carbocycles. The molecule has 0 bridgehead atoms. The highest BCUT2D eigenvalue weighted by Crippen LogP contribution is 2.29. The van der Waals surface area contributed by atoms with Crippen LogP contribution in [0.2, 0.25) is 5.02 Å². The van der Waals surface area contributed by atoms with E-state index in [9.17, 15) is 0 Å². The molecular weight excluding hydrogens is 292 g/mol. The van der Waals surface area contributed by atoms with Crippen molar-refractivity contribution >= 4 is 40.1 Å². The minimum atomic E-state index is 0.470. The van der Waals surface area contributed by atoms with Crippen LogP contribution in [0.25, 0.3) is 10.9 Å². The van der Waals surface area contributed by atoms with Crippen molar-refractivity contribution in [2.24, 2.45) is 0 Å². The van der Waals surface area contributed by atoms with Crippen molar-refractivity contribution in [1.82, 2.24) is 15.0 Å². The number of fused-ring (bicyclic) bond motifs is 1. The van der Waals surface area contributed by atoms with Crippen molar-refractivity contribution in [3.8, 4) is 0 Å². The third-order valence-electron chi connectivity index (χ3n) is 2.79. The maximum absolute atomic E-state index is 6.12. The summed E-state index contributed by atoms with van der Waals surface area (Å²) in [7, 11) is 0. The molecule has 2 aromatic heterocycles. The van der Waals surface area contributed by atoms with Gasteiger partial charge in [-0.25, -0.2) is 15.0 Å². The maximum Gasteiger partial charge on any atom is 0.123 e. The molecule has 0 fully saturated rings. The van der Waals surface area contributed by atoms with Crippen molar-refractivity contribution in [3.63, 3.8) is 0 Å². The van der Waals surface area contributed by atoms with Crippen LogP contribution in [0.4, 0.5) is 5.82 Å². The maximum atomic E-state index is 6.12. The molecule has 0 saturated carbocycles. The number of pyridine rings is 1. The number of nitrogens with two attached hydrogens (primary N) is 1. The fraction of sp³-hybridized carbons (Fsp3) is 0.0714. The molecule has 0 spiro atoms. The number of thioether (sulfide) groups is 1. The predicted octanol–water partition coefficient (Wildman–Crippen LogP) is 3.55. The fourth-order valence-corrected chi connectivity index (χ4v) is 3.03. The Labute approximate surface area is 125 Å². The highest BCUT2D eigenvalue weighted by molar-refractivity contribution is 7.98. The van der Waals surface area contributed by atoms with Gasteiger partial charge in [-0.2, -0.15) is 0 Å². The van der Waals surface area contributed by atoms with E-state index in [4.69, 9.17) is 17.3 Å². The summed E-state index contributed by atoms with van der Waals surface area (Å²) in [4.78, 5) is 12.8. The number of aromatic nitrogens is 3. The molecule has 0 aliphatic rings. The van der Waals surface area contributed by atoms with Crippen LogP contribution in [-0.2, 0) is 5.75 Å². The summed E-state index contributed by atoms with van der Waals surface area (Å²) >= 11 is 7.69. The lowest BCUT2D eigenvalue weighted by atomic mass is 10.2. The molecule has 0 saturated heterocycles. The van der Waals surface area contributed by atoms with Gasteiger partial charge < -0.3 is 5.73 Å². The molecule has 2 heterocycles. The zero-order valence-corrected chi connectivity index (χ0v) is 12.0. The van der Waals surface area contributed by atoms with E-state index in [2.05, 4.69) is 15.0 Å². The van der Waals surface area contributed by atoms with E-state index in [1.54, 1.807) is 30.2 Å². The second kappa shape index (κ2) is 5.64. The van der Waals surface area contributed by atoms with Gasteiger partial charge in [0.05, 0.1) is 16.2 Å². The van der Waals surface area contributed by atoms with E-state index in [0.29, 0.717) is 16.6 Å². The summed E-state index contributed by atoms with van der Waals surface area (Å²) in [6.07, 6.45) is 1.57. The van der Waals surface area contributed by atoms with Crippen LogP contribution in [-0.4, -0.2) is 15.0 Å². The Kier molecular flexibility index (Phi) is 3.71. The number of para-hydroxylation sites is 1. The third-order valence-corrected chi connectivity index (χ3v) is 4.15. The Balaban J connectivity index is 1.89. The first-order chi connectivity index (χ1) is 9.74. The number of nitrogens with zero attached hydrogens (tertiary/aromatic N) is 3. The first kappa shape index (κ1) is 13.1. The fourth-order valence-electron chi connectivity index (χ4n) is 1.83. The van der Waals surface area contributed by atoms with E-state index in [1.165, 1.54) is 0 Å². The van der Waals surface area contributed by atoms with Gasteiger partial charge in [-0.05, 0) is 18.2 Å². The number of hydrogen-bond donors (Lipinski definition) is 1. The summed E-state index contributed by atoms with van der Waals surface area (Å²) in [5, 5.41) is 2.56. The van der Waals surface area contributed by atoms with Gasteiger partial charge in [0.25, 0.3) is 0 Å². The summed E-state index contributed by atoms with van der Waals surface area (Å²) in [5.41, 5.74) is 7.37. The Morgan fingerprint density at radius 2 is 1.95 bits per heavy atom. The Morgan fingerprint density at radius 3 is 2.85 bits per heavy atom. The number of benzene rings is 1. The first-order valence-electron chi connectivity index (χ1n) is 5.97. The molecule has 20 heavy (non-hydrogen) atoms. The monoisotopic (exact) mass is 302 g/mol. The van der Waals surface area contributed by atoms with Gasteiger partial charge >= 0.3 is 0 Å². The van der Waals surface area contributed by atoms with Crippen LogP contribution in [0.5, 0.6) is 0 Å². The molecule has 6 heteroatoms. The molecule has 1 aromatic carbocycles. The van der Waals surface area contributed by atoms with Crippen LogP contribution in [0.1, 0.15) is 5.69 Å². The zero-order valence-electron chi connectivity index (χ0n) is 10.5. The average Bonchev–Trinajstić information content (AvgIpc) is 2.48. The largest absolute Gasteiger partial charge is 0.384 e. The van der Waals surface area contributed by atoms with Crippen LogP contribution in [0.15, 0.2) is 47.8 Å². The summed E-state index contributed by atoms with van der Waals surface area (Å²) in [6.45, 7) is 0. The quantitative estimate of drug-likeness (QED) is 0.592. The van der Waals surface area contributed by atoms with Gasteiger partial charge in [0.1, 0.15) is 17.2 Å². The number of rotatable bonds is 3.